The Bertz CT molecular complexity index is 992. The van der Waals surface area contributed by atoms with Crippen molar-refractivity contribution in [2.45, 2.75) is 30.0 Å². The van der Waals surface area contributed by atoms with Gasteiger partial charge >= 0.3 is 6.18 Å². The summed E-state index contributed by atoms with van der Waals surface area (Å²) in [6, 6.07) is 10.5. The van der Waals surface area contributed by atoms with E-state index in [1.807, 2.05) is 17.0 Å². The van der Waals surface area contributed by atoms with E-state index in [1.54, 1.807) is 0 Å². The summed E-state index contributed by atoms with van der Waals surface area (Å²) in [4.78, 5) is 21.4. The van der Waals surface area contributed by atoms with Crippen LogP contribution in [0.5, 0.6) is 0 Å². The van der Waals surface area contributed by atoms with Crippen LogP contribution in [0.1, 0.15) is 29.9 Å². The zero-order valence-electron chi connectivity index (χ0n) is 15.6. The number of halogens is 3. The molecule has 3 aromatic rings. The Hall–Kier alpha value is -2.48. The molecule has 152 valence electrons. The molecule has 0 saturated carbocycles. The van der Waals surface area contributed by atoms with Crippen LogP contribution < -0.4 is 0 Å². The monoisotopic (exact) mass is 419 g/mol. The Morgan fingerprint density at radius 2 is 1.93 bits per heavy atom. The van der Waals surface area contributed by atoms with Crippen molar-refractivity contribution in [1.29, 1.82) is 0 Å². The maximum Gasteiger partial charge on any atom is 0.417 e. The number of thioether (sulfide) groups is 1. The smallest absolute Gasteiger partial charge is 0.361 e. The molecule has 29 heavy (non-hydrogen) atoms. The minimum absolute atomic E-state index is 0.00549. The SMILES string of the molecule is O=C(CSc1ccc(C(F)(F)F)cn1)N1CCC(c2c[nH]c3ccccc23)CC1. The van der Waals surface area contributed by atoms with Gasteiger partial charge in [-0.1, -0.05) is 30.0 Å². The molecule has 0 spiro atoms. The molecule has 0 atom stereocenters. The fourth-order valence-electron chi connectivity index (χ4n) is 3.73. The number of piperidine rings is 1. The molecule has 4 rings (SSSR count). The topological polar surface area (TPSA) is 49.0 Å². The van der Waals surface area contributed by atoms with E-state index in [-0.39, 0.29) is 11.7 Å². The van der Waals surface area contributed by atoms with Gasteiger partial charge in [-0.15, -0.1) is 0 Å². The molecule has 1 fully saturated rings. The summed E-state index contributed by atoms with van der Waals surface area (Å²) in [6.07, 6.45) is 0.271. The van der Waals surface area contributed by atoms with Crippen LogP contribution in [0.3, 0.4) is 0 Å². The highest BCUT2D eigenvalue weighted by atomic mass is 32.2. The van der Waals surface area contributed by atoms with Crippen molar-refractivity contribution in [3.05, 3.63) is 59.9 Å². The summed E-state index contributed by atoms with van der Waals surface area (Å²) in [6.45, 7) is 1.37. The molecule has 1 aromatic carbocycles. The molecule has 0 unspecified atom stereocenters. The second-order valence-electron chi connectivity index (χ2n) is 7.12. The number of nitrogens with one attached hydrogen (secondary N) is 1. The minimum atomic E-state index is -4.40. The lowest BCUT2D eigenvalue weighted by molar-refractivity contribution is -0.138. The number of H-pyrrole nitrogens is 1. The maximum atomic E-state index is 12.6. The number of benzene rings is 1. The number of hydrogen-bond donors (Lipinski definition) is 1. The first kappa shape index (κ1) is 19.8. The van der Waals surface area contributed by atoms with Crippen molar-refractivity contribution in [2.75, 3.05) is 18.8 Å². The van der Waals surface area contributed by atoms with Crippen LogP contribution in [0, 0.1) is 0 Å². The second-order valence-corrected chi connectivity index (χ2v) is 8.11. The van der Waals surface area contributed by atoms with Gasteiger partial charge in [0.05, 0.1) is 16.3 Å². The third-order valence-electron chi connectivity index (χ3n) is 5.32. The number of nitrogens with zero attached hydrogens (tertiary/aromatic N) is 2. The molecule has 2 aromatic heterocycles. The average molecular weight is 419 g/mol. The Morgan fingerprint density at radius 3 is 2.62 bits per heavy atom. The van der Waals surface area contributed by atoms with Crippen molar-refractivity contribution >= 4 is 28.6 Å². The van der Waals surface area contributed by atoms with Crippen LogP contribution in [0.25, 0.3) is 10.9 Å². The van der Waals surface area contributed by atoms with Gasteiger partial charge in [-0.3, -0.25) is 4.79 Å². The highest BCUT2D eigenvalue weighted by molar-refractivity contribution is 7.99. The molecule has 1 aliphatic heterocycles. The number of fused-ring (bicyclic) bond motifs is 1. The number of amides is 1. The van der Waals surface area contributed by atoms with Crippen LogP contribution in [0.4, 0.5) is 13.2 Å². The first-order valence-corrected chi connectivity index (χ1v) is 10.4. The van der Waals surface area contributed by atoms with Gasteiger partial charge < -0.3 is 9.88 Å². The normalized spacial score (nSPS) is 15.8. The van der Waals surface area contributed by atoms with Crippen LogP contribution >= 0.6 is 11.8 Å². The number of aromatic nitrogens is 2. The minimum Gasteiger partial charge on any atom is -0.361 e. The van der Waals surface area contributed by atoms with Gasteiger partial charge in [-0.05, 0) is 42.5 Å². The highest BCUT2D eigenvalue weighted by Gasteiger charge is 2.31. The first-order valence-electron chi connectivity index (χ1n) is 9.41. The maximum absolute atomic E-state index is 12.6. The predicted molar refractivity (Wildman–Crippen MR) is 107 cm³/mol. The van der Waals surface area contributed by atoms with E-state index < -0.39 is 11.7 Å². The van der Waals surface area contributed by atoms with E-state index in [9.17, 15) is 18.0 Å². The van der Waals surface area contributed by atoms with Gasteiger partial charge in [-0.25, -0.2) is 4.98 Å². The van der Waals surface area contributed by atoms with E-state index in [4.69, 9.17) is 0 Å². The molecule has 0 aliphatic carbocycles. The zero-order valence-corrected chi connectivity index (χ0v) is 16.4. The third-order valence-corrected chi connectivity index (χ3v) is 6.24. The van der Waals surface area contributed by atoms with Gasteiger partial charge in [0.15, 0.2) is 0 Å². The number of carbonyl (C=O) groups excluding carboxylic acids is 1. The van der Waals surface area contributed by atoms with Crippen molar-refractivity contribution in [3.63, 3.8) is 0 Å². The summed E-state index contributed by atoms with van der Waals surface area (Å²) >= 11 is 1.17. The highest BCUT2D eigenvalue weighted by Crippen LogP contribution is 2.33. The van der Waals surface area contributed by atoms with Gasteiger partial charge in [-0.2, -0.15) is 13.2 Å². The molecule has 1 N–H and O–H groups in total. The average Bonchev–Trinajstić information content (AvgIpc) is 3.16. The summed E-state index contributed by atoms with van der Waals surface area (Å²) in [5.41, 5.74) is 1.64. The number of rotatable bonds is 4. The number of aromatic amines is 1. The number of likely N-dealkylation sites (tertiary alicyclic amines) is 1. The summed E-state index contributed by atoms with van der Waals surface area (Å²) in [5, 5.41) is 1.65. The molecule has 1 aliphatic rings. The molecule has 1 amide bonds. The van der Waals surface area contributed by atoms with E-state index in [2.05, 4.69) is 28.3 Å². The van der Waals surface area contributed by atoms with E-state index in [0.717, 1.165) is 30.6 Å². The summed E-state index contributed by atoms with van der Waals surface area (Å²) in [7, 11) is 0. The lowest BCUT2D eigenvalue weighted by Gasteiger charge is -2.32. The molecule has 1 saturated heterocycles. The molecule has 0 bridgehead atoms. The fraction of sp³-hybridized carbons (Fsp3) is 0.333. The zero-order chi connectivity index (χ0) is 20.4. The molecular weight excluding hydrogens is 399 g/mol. The Balaban J connectivity index is 1.30. The van der Waals surface area contributed by atoms with Gasteiger partial charge in [0.2, 0.25) is 5.91 Å². The van der Waals surface area contributed by atoms with Crippen molar-refractivity contribution in [2.24, 2.45) is 0 Å². The Kier molecular flexibility index (Phi) is 5.54. The lowest BCUT2D eigenvalue weighted by atomic mass is 9.89. The summed E-state index contributed by atoms with van der Waals surface area (Å²) in [5.74, 6) is 0.587. The standard InChI is InChI=1S/C21H20F3N3OS/c22-21(23,24)15-5-6-19(26-11-15)29-13-20(28)27-9-7-14(8-10-27)17-12-25-18-4-2-1-3-16(17)18/h1-6,11-12,14,25H,7-10,13H2. The largest absolute Gasteiger partial charge is 0.417 e. The van der Waals surface area contributed by atoms with Crippen molar-refractivity contribution < 1.29 is 18.0 Å². The van der Waals surface area contributed by atoms with Crippen LogP contribution in [0.15, 0.2) is 53.8 Å². The molecule has 0 radical (unpaired) electrons. The quantitative estimate of drug-likeness (QED) is 0.600. The number of hydrogen-bond acceptors (Lipinski definition) is 3. The van der Waals surface area contributed by atoms with Crippen molar-refractivity contribution in [1.82, 2.24) is 14.9 Å². The third kappa shape index (κ3) is 4.42. The lowest BCUT2D eigenvalue weighted by Crippen LogP contribution is -2.38. The number of para-hydroxylation sites is 1. The van der Waals surface area contributed by atoms with Gasteiger partial charge in [0.1, 0.15) is 0 Å². The Labute approximate surface area is 170 Å². The van der Waals surface area contributed by atoms with Crippen molar-refractivity contribution in [3.8, 4) is 0 Å². The Morgan fingerprint density at radius 1 is 1.17 bits per heavy atom. The second kappa shape index (κ2) is 8.10. The number of pyridine rings is 1. The van der Waals surface area contributed by atoms with E-state index >= 15 is 0 Å². The van der Waals surface area contributed by atoms with Crippen LogP contribution in [-0.2, 0) is 11.0 Å². The van der Waals surface area contributed by atoms with E-state index in [0.29, 0.717) is 24.0 Å². The van der Waals surface area contributed by atoms with Gasteiger partial charge in [0, 0.05) is 36.4 Å². The molecular formula is C21H20F3N3OS. The molecule has 8 heteroatoms. The fourth-order valence-corrected chi connectivity index (χ4v) is 4.48. The number of alkyl halides is 3. The number of carbonyl (C=O) groups is 1. The van der Waals surface area contributed by atoms with E-state index in [1.165, 1.54) is 28.8 Å². The first-order chi connectivity index (χ1) is 13.9. The summed E-state index contributed by atoms with van der Waals surface area (Å²) < 4.78 is 37.8. The van der Waals surface area contributed by atoms with Crippen LogP contribution in [0.2, 0.25) is 0 Å². The van der Waals surface area contributed by atoms with Crippen LogP contribution in [-0.4, -0.2) is 39.6 Å². The van der Waals surface area contributed by atoms with Gasteiger partial charge in [0.25, 0.3) is 0 Å². The molecule has 4 nitrogen and oxygen atoms in total. The predicted octanol–water partition coefficient (Wildman–Crippen LogP) is 5.08. The molecule has 3 heterocycles.